The molecular weight excluding hydrogens is 362 g/mol. The highest BCUT2D eigenvalue weighted by Gasteiger charge is 2.13. The van der Waals surface area contributed by atoms with E-state index in [9.17, 15) is 5.26 Å². The average Bonchev–Trinajstić information content (AvgIpc) is 3.18. The lowest BCUT2D eigenvalue weighted by molar-refractivity contribution is 0.458. The van der Waals surface area contributed by atoms with Gasteiger partial charge in [-0.15, -0.1) is 15.0 Å². The van der Waals surface area contributed by atoms with E-state index in [1.165, 1.54) is 0 Å². The standard InChI is InChI=1S/C23H15N5O/c1-15-10-11-22(21(12-15)28-26-19-8-4-5-9-20(19)27-28)29-23-13-16(14-24)17-6-2-3-7-18(17)25-23/h2-13H,1H3. The molecule has 0 fully saturated rings. The van der Waals surface area contributed by atoms with Crippen molar-refractivity contribution in [3.63, 3.8) is 0 Å². The number of fused-ring (bicyclic) bond motifs is 2. The number of nitrogens with zero attached hydrogens (tertiary/aromatic N) is 5. The number of pyridine rings is 1. The van der Waals surface area contributed by atoms with Gasteiger partial charge in [-0.2, -0.15) is 5.26 Å². The summed E-state index contributed by atoms with van der Waals surface area (Å²) in [4.78, 5) is 6.12. The summed E-state index contributed by atoms with van der Waals surface area (Å²) in [5.74, 6) is 0.907. The SMILES string of the molecule is Cc1ccc(Oc2cc(C#N)c3ccccc3n2)c(-n2nc3ccccc3n2)c1. The molecule has 29 heavy (non-hydrogen) atoms. The van der Waals surface area contributed by atoms with Gasteiger partial charge in [-0.3, -0.25) is 0 Å². The minimum absolute atomic E-state index is 0.349. The molecule has 0 atom stereocenters. The van der Waals surface area contributed by atoms with Crippen LogP contribution in [0.15, 0.2) is 72.8 Å². The summed E-state index contributed by atoms with van der Waals surface area (Å²) in [5, 5.41) is 19.4. The van der Waals surface area contributed by atoms with Crippen molar-refractivity contribution in [2.24, 2.45) is 0 Å². The molecule has 2 heterocycles. The maximum Gasteiger partial charge on any atom is 0.221 e. The largest absolute Gasteiger partial charge is 0.437 e. The van der Waals surface area contributed by atoms with Gasteiger partial charge in [-0.25, -0.2) is 4.98 Å². The highest BCUT2D eigenvalue weighted by molar-refractivity contribution is 5.85. The van der Waals surface area contributed by atoms with E-state index in [1.807, 2.05) is 73.7 Å². The number of hydrogen-bond donors (Lipinski definition) is 0. The molecule has 0 amide bonds. The van der Waals surface area contributed by atoms with Crippen molar-refractivity contribution in [3.8, 4) is 23.4 Å². The molecule has 5 rings (SSSR count). The fourth-order valence-electron chi connectivity index (χ4n) is 3.25. The second-order valence-corrected chi connectivity index (χ2v) is 6.69. The van der Waals surface area contributed by atoms with E-state index in [2.05, 4.69) is 21.3 Å². The molecule has 0 N–H and O–H groups in total. The molecule has 0 aliphatic rings. The molecule has 138 valence electrons. The van der Waals surface area contributed by atoms with Gasteiger partial charge in [-0.05, 0) is 42.8 Å². The Kier molecular flexibility index (Phi) is 3.92. The smallest absolute Gasteiger partial charge is 0.221 e. The summed E-state index contributed by atoms with van der Waals surface area (Å²) in [7, 11) is 0. The number of ether oxygens (including phenoxy) is 1. The Morgan fingerprint density at radius 1 is 0.862 bits per heavy atom. The molecule has 3 aromatic carbocycles. The zero-order chi connectivity index (χ0) is 19.8. The molecule has 0 saturated carbocycles. The van der Waals surface area contributed by atoms with Gasteiger partial charge < -0.3 is 4.74 Å². The van der Waals surface area contributed by atoms with Crippen molar-refractivity contribution in [2.75, 3.05) is 0 Å². The minimum atomic E-state index is 0.349. The Labute approximate surface area is 166 Å². The Balaban J connectivity index is 1.62. The number of aryl methyl sites for hydroxylation is 1. The van der Waals surface area contributed by atoms with Crippen molar-refractivity contribution < 1.29 is 4.74 Å². The number of rotatable bonds is 3. The lowest BCUT2D eigenvalue weighted by Crippen LogP contribution is -2.02. The van der Waals surface area contributed by atoms with E-state index in [0.717, 1.165) is 22.0 Å². The first kappa shape index (κ1) is 16.9. The van der Waals surface area contributed by atoms with Gasteiger partial charge in [0.1, 0.15) is 22.8 Å². The first-order valence-corrected chi connectivity index (χ1v) is 9.12. The second kappa shape index (κ2) is 6.73. The van der Waals surface area contributed by atoms with E-state index in [-0.39, 0.29) is 0 Å². The van der Waals surface area contributed by atoms with Gasteiger partial charge >= 0.3 is 0 Å². The van der Waals surface area contributed by atoms with E-state index >= 15 is 0 Å². The van der Waals surface area contributed by atoms with Crippen molar-refractivity contribution in [1.82, 2.24) is 20.0 Å². The van der Waals surface area contributed by atoms with Crippen LogP contribution in [0.2, 0.25) is 0 Å². The summed E-state index contributed by atoms with van der Waals surface area (Å²) in [5.41, 5.74) is 4.58. The molecule has 0 unspecified atom stereocenters. The molecule has 6 heteroatoms. The molecule has 0 spiro atoms. The van der Waals surface area contributed by atoms with Crippen LogP contribution in [-0.2, 0) is 0 Å². The Morgan fingerprint density at radius 3 is 2.28 bits per heavy atom. The number of nitriles is 1. The van der Waals surface area contributed by atoms with E-state index in [4.69, 9.17) is 4.74 Å². The van der Waals surface area contributed by atoms with E-state index in [0.29, 0.717) is 28.4 Å². The zero-order valence-corrected chi connectivity index (χ0v) is 15.6. The molecule has 5 aromatic rings. The lowest BCUT2D eigenvalue weighted by atomic mass is 10.1. The summed E-state index contributed by atoms with van der Waals surface area (Å²) in [6.45, 7) is 2.00. The van der Waals surface area contributed by atoms with Crippen LogP contribution in [0.1, 0.15) is 11.1 Å². The molecule has 2 aromatic heterocycles. The zero-order valence-electron chi connectivity index (χ0n) is 15.6. The van der Waals surface area contributed by atoms with Crippen molar-refractivity contribution >= 4 is 21.9 Å². The third-order valence-electron chi connectivity index (χ3n) is 4.64. The Morgan fingerprint density at radius 2 is 1.55 bits per heavy atom. The highest BCUT2D eigenvalue weighted by atomic mass is 16.5. The molecule has 0 radical (unpaired) electrons. The molecule has 0 saturated heterocycles. The predicted octanol–water partition coefficient (Wildman–Crippen LogP) is 4.94. The van der Waals surface area contributed by atoms with Crippen LogP contribution in [0.25, 0.3) is 27.6 Å². The monoisotopic (exact) mass is 377 g/mol. The average molecular weight is 377 g/mol. The van der Waals surface area contributed by atoms with E-state index < -0.39 is 0 Å². The molecule has 0 aliphatic carbocycles. The summed E-state index contributed by atoms with van der Waals surface area (Å²) in [6.07, 6.45) is 0. The summed E-state index contributed by atoms with van der Waals surface area (Å²) < 4.78 is 6.10. The second-order valence-electron chi connectivity index (χ2n) is 6.69. The van der Waals surface area contributed by atoms with Gasteiger partial charge in [0.05, 0.1) is 11.1 Å². The van der Waals surface area contributed by atoms with Crippen LogP contribution in [0.4, 0.5) is 0 Å². The molecule has 0 bridgehead atoms. The minimum Gasteiger partial charge on any atom is -0.437 e. The van der Waals surface area contributed by atoms with Crippen LogP contribution in [0, 0.1) is 18.3 Å². The Hall–Kier alpha value is -4.24. The third kappa shape index (κ3) is 3.05. The number of benzene rings is 3. The summed E-state index contributed by atoms with van der Waals surface area (Å²) >= 11 is 0. The normalized spacial score (nSPS) is 10.9. The predicted molar refractivity (Wildman–Crippen MR) is 110 cm³/mol. The van der Waals surface area contributed by atoms with Crippen LogP contribution in [0.3, 0.4) is 0 Å². The van der Waals surface area contributed by atoms with Crippen LogP contribution >= 0.6 is 0 Å². The first-order valence-electron chi connectivity index (χ1n) is 9.12. The fourth-order valence-corrected chi connectivity index (χ4v) is 3.25. The quantitative estimate of drug-likeness (QED) is 0.445. The first-order chi connectivity index (χ1) is 14.2. The number of para-hydroxylation sites is 1. The van der Waals surface area contributed by atoms with Crippen LogP contribution in [0.5, 0.6) is 11.6 Å². The topological polar surface area (TPSA) is 76.6 Å². The number of hydrogen-bond acceptors (Lipinski definition) is 5. The lowest BCUT2D eigenvalue weighted by Gasteiger charge is -2.11. The Bertz CT molecular complexity index is 1380. The highest BCUT2D eigenvalue weighted by Crippen LogP contribution is 2.30. The molecule has 6 nitrogen and oxygen atoms in total. The van der Waals surface area contributed by atoms with Crippen molar-refractivity contribution in [3.05, 3.63) is 83.9 Å². The van der Waals surface area contributed by atoms with Gasteiger partial charge in [-0.1, -0.05) is 36.4 Å². The summed E-state index contributed by atoms with van der Waals surface area (Å²) in [6, 6.07) is 24.8. The van der Waals surface area contributed by atoms with Gasteiger partial charge in [0.25, 0.3) is 0 Å². The van der Waals surface area contributed by atoms with Crippen molar-refractivity contribution in [2.45, 2.75) is 6.92 Å². The van der Waals surface area contributed by atoms with Crippen molar-refractivity contribution in [1.29, 1.82) is 5.26 Å². The fraction of sp³-hybridized carbons (Fsp3) is 0.0435. The molecule has 0 aliphatic heterocycles. The van der Waals surface area contributed by atoms with Gasteiger partial charge in [0.2, 0.25) is 5.88 Å². The number of aromatic nitrogens is 4. The maximum atomic E-state index is 9.52. The van der Waals surface area contributed by atoms with Gasteiger partial charge in [0.15, 0.2) is 5.75 Å². The van der Waals surface area contributed by atoms with Crippen LogP contribution < -0.4 is 4.74 Å². The van der Waals surface area contributed by atoms with Gasteiger partial charge in [0, 0.05) is 11.5 Å². The maximum absolute atomic E-state index is 9.52. The third-order valence-corrected chi connectivity index (χ3v) is 4.64. The molecular formula is C23H15N5O. The van der Waals surface area contributed by atoms with Crippen LogP contribution in [-0.4, -0.2) is 20.0 Å². The van der Waals surface area contributed by atoms with E-state index in [1.54, 1.807) is 10.9 Å².